The van der Waals surface area contributed by atoms with E-state index in [2.05, 4.69) is 447 Å². The number of nitrogens with zero attached hydrogens (tertiary/aromatic N) is 3. The summed E-state index contributed by atoms with van der Waals surface area (Å²) >= 11 is 5.67. The fourth-order valence-corrected chi connectivity index (χ4v) is 21.3. The Hall–Kier alpha value is -10.6. The number of rotatable bonds is 24. The number of benzene rings is 13. The van der Waals surface area contributed by atoms with E-state index in [1.54, 1.807) is 0 Å². The lowest BCUT2D eigenvalue weighted by Crippen LogP contribution is -2.66. The first-order valence-corrected chi connectivity index (χ1v) is 43.7. The summed E-state index contributed by atoms with van der Waals surface area (Å²) in [6.07, 6.45) is 13.1. The molecule has 1 fully saturated rings. The lowest BCUT2D eigenvalue weighted by Gasteiger charge is -2.43. The van der Waals surface area contributed by atoms with Crippen LogP contribution in [0.25, 0.3) is 0 Å². The van der Waals surface area contributed by atoms with Crippen LogP contribution < -0.4 is 74.5 Å². The average Bonchev–Trinajstić information content (AvgIpc) is 0.779. The van der Waals surface area contributed by atoms with Gasteiger partial charge in [-0.3, -0.25) is 0 Å². The average molecular weight is 1520 g/mol. The van der Waals surface area contributed by atoms with Crippen molar-refractivity contribution in [1.29, 1.82) is 0 Å². The number of allylic oxidation sites excluding steroid dienone is 1. The van der Waals surface area contributed by atoms with Crippen molar-refractivity contribution < 1.29 is 9.05 Å². The molecule has 1 aromatic heterocycles. The number of piperazine rings is 1. The first-order valence-electron chi connectivity index (χ1n) is 41.4. The predicted octanol–water partition coefficient (Wildman–Crippen LogP) is 18.8. The number of para-hydroxylation sites is 1. The van der Waals surface area contributed by atoms with E-state index in [4.69, 9.17) is 11.6 Å². The fraction of sp³-hybridized carbons (Fsp3) is 0.190. The third-order valence-corrected chi connectivity index (χ3v) is 28.1. The minimum absolute atomic E-state index is 0.757. The Morgan fingerprint density at radius 3 is 0.735 bits per heavy atom. The minimum atomic E-state index is -1.67. The Kier molecular flexibility index (Phi) is 33.5. The Morgan fingerprint density at radius 2 is 0.540 bits per heavy atom. The monoisotopic (exact) mass is 1520 g/mol. The molecular weight excluding hydrogens is 1400 g/mol. The van der Waals surface area contributed by atoms with Crippen LogP contribution in [0.1, 0.15) is 59.3 Å². The Bertz CT molecular complexity index is 4160. The van der Waals surface area contributed by atoms with Crippen LogP contribution in [0.15, 0.2) is 431 Å². The molecule has 0 atom stereocenters. The summed E-state index contributed by atoms with van der Waals surface area (Å²) in [5.41, 5.74) is 14.4. The van der Waals surface area contributed by atoms with Crippen molar-refractivity contribution in [3.05, 3.63) is 437 Å². The lowest BCUT2D eigenvalue weighted by molar-refractivity contribution is -0.890. The molecule has 0 spiro atoms. The van der Waals surface area contributed by atoms with E-state index in [1.807, 2.05) is 36.0 Å². The molecule has 13 aromatic carbocycles. The normalized spacial score (nSPS) is 12.3. The van der Waals surface area contributed by atoms with Crippen molar-refractivity contribution in [3.8, 4) is 0 Å². The fourth-order valence-electron chi connectivity index (χ4n) is 17.2. The molecule has 1 aliphatic rings. The third kappa shape index (κ3) is 22.4. The van der Waals surface area contributed by atoms with Gasteiger partial charge in [-0.1, -0.05) is 418 Å². The van der Waals surface area contributed by atoms with Crippen LogP contribution in [0.3, 0.4) is 0 Å². The van der Waals surface area contributed by atoms with Crippen molar-refractivity contribution in [3.63, 3.8) is 0 Å². The van der Waals surface area contributed by atoms with Gasteiger partial charge in [0.05, 0.1) is 64.9 Å². The number of unbranched alkanes of at least 4 members (excludes halogenated alkanes) is 3. The van der Waals surface area contributed by atoms with E-state index >= 15 is 0 Å². The van der Waals surface area contributed by atoms with E-state index in [1.165, 1.54) is 154 Å². The zero-order valence-corrected chi connectivity index (χ0v) is 69.6. The first-order chi connectivity index (χ1) is 55.5. The second kappa shape index (κ2) is 44.6. The van der Waals surface area contributed by atoms with E-state index < -0.39 is 25.7 Å². The second-order valence-electron chi connectivity index (χ2n) is 30.9. The van der Waals surface area contributed by atoms with Gasteiger partial charge in [-0.15, -0.1) is 0 Å². The maximum absolute atomic E-state index is 5.67. The van der Waals surface area contributed by atoms with Crippen molar-refractivity contribution in [2.24, 2.45) is 7.05 Å². The lowest BCUT2D eigenvalue weighted by atomic mass is 9.14. The van der Waals surface area contributed by atoms with Crippen molar-refractivity contribution >= 4 is 108 Å². The van der Waals surface area contributed by atoms with Crippen LogP contribution in [0.4, 0.5) is 5.69 Å². The third-order valence-electron chi connectivity index (χ3n) is 23.3. The minimum Gasteiger partial charge on any atom is -0.360 e. The highest BCUT2D eigenvalue weighted by Gasteiger charge is 2.44. The molecule has 1 aliphatic heterocycles. The molecule has 0 amide bonds. The number of hydrogen-bond donors (Lipinski definition) is 0. The standard InChI is InChI=1S/3C22H24B.C21H20P.C12H19N2.C6H7ClN/c3*1-2-3-19-23(20-13-7-4-8-14-20,21-15-9-5-10-16-21)22-17-11-6-12-18-22;1-2-18-22(19-12-6-3-7-13-19,20-14-8-4-9-15-20)21-16-10-5-11-17-21;1-14(2)10-8-13(9-11-14)12-6-4-3-5-7-12;1-8-5-3-2-4-6(8)7/h3*4-18H,2-3,19H2,1H3;2-17H,1,18H2;3-7H,8-11H2,1-2H3;2-5H,1H3/q3*-1;3*+1. The van der Waals surface area contributed by atoms with Crippen LogP contribution in [0.5, 0.6) is 0 Å². The molecule has 0 bridgehead atoms. The summed E-state index contributed by atoms with van der Waals surface area (Å²) in [6.45, 7) is 15.7. The Morgan fingerprint density at radius 1 is 0.327 bits per heavy atom. The van der Waals surface area contributed by atoms with E-state index in [0.29, 0.717) is 0 Å². The number of halogens is 1. The van der Waals surface area contributed by atoms with Crippen LogP contribution in [-0.2, 0) is 7.05 Å². The maximum atomic E-state index is 5.67. The molecular formula is C105H118B3ClN3P. The topological polar surface area (TPSA) is 7.12 Å². The zero-order chi connectivity index (χ0) is 79.1. The van der Waals surface area contributed by atoms with Gasteiger partial charge in [0.15, 0.2) is 6.20 Å². The summed E-state index contributed by atoms with van der Waals surface area (Å²) in [5, 5.41) is 4.99. The molecule has 574 valence electrons. The molecule has 2 heterocycles. The summed E-state index contributed by atoms with van der Waals surface area (Å²) in [6, 6.07) is 149. The summed E-state index contributed by atoms with van der Waals surface area (Å²) in [5.74, 6) is 0. The zero-order valence-electron chi connectivity index (χ0n) is 67.9. The molecule has 0 saturated carbocycles. The molecule has 0 radical (unpaired) electrons. The molecule has 14 aromatic rings. The Balaban J connectivity index is 0.000000147. The van der Waals surface area contributed by atoms with Gasteiger partial charge in [0.25, 0.3) is 5.15 Å². The molecule has 0 aliphatic carbocycles. The van der Waals surface area contributed by atoms with Gasteiger partial charge in [-0.05, 0) is 66.2 Å². The van der Waals surface area contributed by atoms with Gasteiger partial charge in [0.1, 0.15) is 30.2 Å². The molecule has 1 saturated heterocycles. The van der Waals surface area contributed by atoms with Crippen LogP contribution >= 0.6 is 18.9 Å². The largest absolute Gasteiger partial charge is 0.360 e. The molecule has 3 nitrogen and oxygen atoms in total. The number of anilines is 1. The smallest absolute Gasteiger partial charge is 0.274 e. The van der Waals surface area contributed by atoms with Gasteiger partial charge in [-0.2, -0.15) is 72.7 Å². The van der Waals surface area contributed by atoms with Gasteiger partial charge in [0.2, 0.25) is 0 Å². The SMILES string of the molecule is C=CC[P+](c1ccccc1)(c1ccccc1)c1ccccc1.CCCC[B-](c1ccccc1)(c1ccccc1)c1ccccc1.CCCC[B-](c1ccccc1)(c1ccccc1)c1ccccc1.CCCC[B-](c1ccccc1)(c1ccccc1)c1ccccc1.C[N+]1(C)CCN(c2ccccc2)CC1.C[n+]1ccccc1Cl. The molecule has 113 heavy (non-hydrogen) atoms. The number of pyridine rings is 1. The van der Waals surface area contributed by atoms with E-state index in [0.717, 1.165) is 15.8 Å². The van der Waals surface area contributed by atoms with Gasteiger partial charge in [-0.25, -0.2) is 0 Å². The van der Waals surface area contributed by atoms with Gasteiger partial charge >= 0.3 is 0 Å². The number of aryl methyl sites for hydroxylation is 1. The van der Waals surface area contributed by atoms with Gasteiger partial charge < -0.3 is 9.38 Å². The molecule has 0 N–H and O–H groups in total. The van der Waals surface area contributed by atoms with Crippen LogP contribution in [0.2, 0.25) is 24.1 Å². The second-order valence-corrected chi connectivity index (χ2v) is 34.8. The number of likely N-dealkylation sites (N-methyl/N-ethyl adjacent to an activating group) is 1. The number of quaternary nitrogens is 1. The number of aromatic nitrogens is 1. The van der Waals surface area contributed by atoms with E-state index in [-0.39, 0.29) is 0 Å². The Labute approximate surface area is 685 Å². The molecule has 15 rings (SSSR count). The van der Waals surface area contributed by atoms with Crippen LogP contribution in [0, 0.1) is 0 Å². The quantitative estimate of drug-likeness (QED) is 0.0146. The molecule has 8 heteroatoms. The van der Waals surface area contributed by atoms with Crippen molar-refractivity contribution in [2.45, 2.75) is 78.3 Å². The summed E-state index contributed by atoms with van der Waals surface area (Å²) in [4.78, 5) is 2.48. The molecule has 0 unspecified atom stereocenters. The maximum Gasteiger partial charge on any atom is 0.274 e. The highest BCUT2D eigenvalue weighted by molar-refractivity contribution is 7.95. The first kappa shape index (κ1) is 84.9. The van der Waals surface area contributed by atoms with Gasteiger partial charge in [0, 0.05) is 17.8 Å². The highest BCUT2D eigenvalue weighted by Crippen LogP contribution is 2.55. The summed E-state index contributed by atoms with van der Waals surface area (Å²) < 4.78 is 3.00. The summed E-state index contributed by atoms with van der Waals surface area (Å²) in [7, 11) is 4.85. The predicted molar refractivity (Wildman–Crippen MR) is 504 cm³/mol. The van der Waals surface area contributed by atoms with Crippen molar-refractivity contribution in [2.75, 3.05) is 51.3 Å². The number of hydrogen-bond acceptors (Lipinski definition) is 1. The van der Waals surface area contributed by atoms with E-state index in [9.17, 15) is 0 Å². The van der Waals surface area contributed by atoms with Crippen LogP contribution in [-0.4, -0.2) is 69.4 Å². The van der Waals surface area contributed by atoms with Crippen molar-refractivity contribution in [1.82, 2.24) is 0 Å². The highest BCUT2D eigenvalue weighted by atomic mass is 35.5.